The maximum atomic E-state index is 11.5. The first-order chi connectivity index (χ1) is 10.3. The highest BCUT2D eigenvalue weighted by Crippen LogP contribution is 2.30. The monoisotopic (exact) mass is 277 g/mol. The van der Waals surface area contributed by atoms with Crippen molar-refractivity contribution in [3.63, 3.8) is 0 Å². The summed E-state index contributed by atoms with van der Waals surface area (Å²) in [5.41, 5.74) is 2.31. The second-order valence-corrected chi connectivity index (χ2v) is 4.32. The Hall–Kier alpha value is -3.08. The lowest BCUT2D eigenvalue weighted by Crippen LogP contribution is -2.04. The molecule has 0 amide bonds. The summed E-state index contributed by atoms with van der Waals surface area (Å²) in [5.74, 6) is -1.02. The summed E-state index contributed by atoms with van der Waals surface area (Å²) < 4.78 is 0. The number of aromatic carboxylic acids is 1. The lowest BCUT2D eigenvalue weighted by molar-refractivity contribution is 0.0697. The van der Waals surface area contributed by atoms with Crippen molar-refractivity contribution in [2.45, 2.75) is 0 Å². The molecule has 0 radical (unpaired) electrons. The average Bonchev–Trinajstić information content (AvgIpc) is 2.55. The lowest BCUT2D eigenvalue weighted by Gasteiger charge is -2.10. The first kappa shape index (κ1) is 12.9. The first-order valence-electron chi connectivity index (χ1n) is 6.32. The molecule has 3 aromatic heterocycles. The van der Waals surface area contributed by atoms with Crippen molar-refractivity contribution in [3.8, 4) is 22.6 Å². The molecule has 0 saturated carbocycles. The third-order valence-electron chi connectivity index (χ3n) is 3.01. The Morgan fingerprint density at radius 1 is 0.810 bits per heavy atom. The smallest absolute Gasteiger partial charge is 0.336 e. The Labute approximate surface area is 121 Å². The molecule has 21 heavy (non-hydrogen) atoms. The van der Waals surface area contributed by atoms with E-state index in [9.17, 15) is 9.90 Å². The van der Waals surface area contributed by atoms with Gasteiger partial charge in [0.1, 0.15) is 0 Å². The third-order valence-corrected chi connectivity index (χ3v) is 3.01. The summed E-state index contributed by atoms with van der Waals surface area (Å²) in [6.07, 6.45) is 4.74. The standard InChI is InChI=1S/C16H11N3O2/c20-16(21)11-7-10-19-15(13-6-2-4-9-18-13)14(11)12-5-1-3-8-17-12/h1-10H,(H,20,21). The first-order valence-corrected chi connectivity index (χ1v) is 6.32. The number of carbonyl (C=O) groups is 1. The van der Waals surface area contributed by atoms with Gasteiger partial charge >= 0.3 is 5.97 Å². The van der Waals surface area contributed by atoms with Crippen molar-refractivity contribution in [1.82, 2.24) is 15.0 Å². The molecule has 0 atom stereocenters. The maximum Gasteiger partial charge on any atom is 0.336 e. The molecule has 0 saturated heterocycles. The van der Waals surface area contributed by atoms with Crippen LogP contribution in [0.5, 0.6) is 0 Å². The fraction of sp³-hybridized carbons (Fsp3) is 0. The molecule has 0 fully saturated rings. The van der Waals surface area contributed by atoms with Crippen LogP contribution in [0.4, 0.5) is 0 Å². The van der Waals surface area contributed by atoms with Crippen molar-refractivity contribution in [1.29, 1.82) is 0 Å². The van der Waals surface area contributed by atoms with E-state index >= 15 is 0 Å². The zero-order chi connectivity index (χ0) is 14.7. The van der Waals surface area contributed by atoms with Crippen LogP contribution in [-0.4, -0.2) is 26.0 Å². The summed E-state index contributed by atoms with van der Waals surface area (Å²) in [6, 6.07) is 12.2. The Kier molecular flexibility index (Phi) is 3.39. The summed E-state index contributed by atoms with van der Waals surface area (Å²) in [5, 5.41) is 9.42. The van der Waals surface area contributed by atoms with Crippen molar-refractivity contribution in [2.24, 2.45) is 0 Å². The molecule has 5 nitrogen and oxygen atoms in total. The lowest BCUT2D eigenvalue weighted by atomic mass is 10.0. The van der Waals surface area contributed by atoms with E-state index in [0.29, 0.717) is 22.6 Å². The van der Waals surface area contributed by atoms with Gasteiger partial charge in [0, 0.05) is 24.2 Å². The van der Waals surface area contributed by atoms with Crippen LogP contribution in [0.25, 0.3) is 22.6 Å². The Bertz CT molecular complexity index is 774. The number of carboxylic acid groups (broad SMARTS) is 1. The van der Waals surface area contributed by atoms with Crippen LogP contribution in [0.1, 0.15) is 10.4 Å². The molecule has 0 unspecified atom stereocenters. The fourth-order valence-electron chi connectivity index (χ4n) is 2.11. The van der Waals surface area contributed by atoms with E-state index in [2.05, 4.69) is 15.0 Å². The predicted molar refractivity (Wildman–Crippen MR) is 77.7 cm³/mol. The molecule has 0 spiro atoms. The van der Waals surface area contributed by atoms with Gasteiger partial charge in [0.15, 0.2) is 0 Å². The molecule has 3 heterocycles. The van der Waals surface area contributed by atoms with Gasteiger partial charge in [-0.05, 0) is 30.3 Å². The second kappa shape index (κ2) is 5.50. The molecular weight excluding hydrogens is 266 g/mol. The highest BCUT2D eigenvalue weighted by Gasteiger charge is 2.19. The van der Waals surface area contributed by atoms with Crippen LogP contribution in [0, 0.1) is 0 Å². The van der Waals surface area contributed by atoms with Crippen LogP contribution in [0.15, 0.2) is 61.1 Å². The molecule has 102 valence electrons. The van der Waals surface area contributed by atoms with Gasteiger partial charge in [-0.25, -0.2) is 4.79 Å². The van der Waals surface area contributed by atoms with Crippen LogP contribution >= 0.6 is 0 Å². The zero-order valence-electron chi connectivity index (χ0n) is 11.0. The van der Waals surface area contributed by atoms with Crippen molar-refractivity contribution in [2.75, 3.05) is 0 Å². The SMILES string of the molecule is O=C(O)c1ccnc(-c2ccccn2)c1-c1ccccn1. The van der Waals surface area contributed by atoms with Gasteiger partial charge in [-0.1, -0.05) is 12.1 Å². The number of carboxylic acids is 1. The highest BCUT2D eigenvalue weighted by atomic mass is 16.4. The summed E-state index contributed by atoms with van der Waals surface area (Å²) in [6.45, 7) is 0. The summed E-state index contributed by atoms with van der Waals surface area (Å²) in [7, 11) is 0. The molecule has 3 rings (SSSR count). The predicted octanol–water partition coefficient (Wildman–Crippen LogP) is 2.90. The fourth-order valence-corrected chi connectivity index (χ4v) is 2.11. The molecule has 0 aromatic carbocycles. The van der Waals surface area contributed by atoms with Gasteiger partial charge in [-0.15, -0.1) is 0 Å². The van der Waals surface area contributed by atoms with Gasteiger partial charge in [0.05, 0.1) is 22.6 Å². The number of pyridine rings is 3. The summed E-state index contributed by atoms with van der Waals surface area (Å²) >= 11 is 0. The van der Waals surface area contributed by atoms with E-state index in [-0.39, 0.29) is 5.56 Å². The highest BCUT2D eigenvalue weighted by molar-refractivity contribution is 5.99. The second-order valence-electron chi connectivity index (χ2n) is 4.32. The largest absolute Gasteiger partial charge is 0.478 e. The zero-order valence-corrected chi connectivity index (χ0v) is 11.0. The average molecular weight is 277 g/mol. The molecular formula is C16H11N3O2. The van der Waals surface area contributed by atoms with E-state index < -0.39 is 5.97 Å². The van der Waals surface area contributed by atoms with Gasteiger partial charge in [-0.2, -0.15) is 0 Å². The number of hydrogen-bond donors (Lipinski definition) is 1. The van der Waals surface area contributed by atoms with Crippen LogP contribution < -0.4 is 0 Å². The third kappa shape index (κ3) is 2.49. The Morgan fingerprint density at radius 2 is 1.48 bits per heavy atom. The van der Waals surface area contributed by atoms with E-state index in [4.69, 9.17) is 0 Å². The Morgan fingerprint density at radius 3 is 2.05 bits per heavy atom. The molecule has 1 N–H and O–H groups in total. The Balaban J connectivity index is 2.31. The van der Waals surface area contributed by atoms with Gasteiger partial charge in [0.2, 0.25) is 0 Å². The topological polar surface area (TPSA) is 76.0 Å². The van der Waals surface area contributed by atoms with E-state index in [0.717, 1.165) is 0 Å². The van der Waals surface area contributed by atoms with E-state index in [1.54, 1.807) is 36.7 Å². The molecule has 3 aromatic rings. The van der Waals surface area contributed by atoms with Gasteiger partial charge < -0.3 is 5.11 Å². The van der Waals surface area contributed by atoms with Gasteiger partial charge in [0.25, 0.3) is 0 Å². The molecule has 5 heteroatoms. The molecule has 0 bridgehead atoms. The number of nitrogens with zero attached hydrogens (tertiary/aromatic N) is 3. The minimum Gasteiger partial charge on any atom is -0.478 e. The quantitative estimate of drug-likeness (QED) is 0.796. The van der Waals surface area contributed by atoms with Gasteiger partial charge in [-0.3, -0.25) is 15.0 Å². The van der Waals surface area contributed by atoms with Crippen LogP contribution in [-0.2, 0) is 0 Å². The number of hydrogen-bond acceptors (Lipinski definition) is 4. The van der Waals surface area contributed by atoms with Crippen LogP contribution in [0.3, 0.4) is 0 Å². The summed E-state index contributed by atoms with van der Waals surface area (Å²) in [4.78, 5) is 24.3. The van der Waals surface area contributed by atoms with Crippen LogP contribution in [0.2, 0.25) is 0 Å². The number of aromatic nitrogens is 3. The van der Waals surface area contributed by atoms with Crippen molar-refractivity contribution >= 4 is 5.97 Å². The minimum atomic E-state index is -1.02. The molecule has 0 aliphatic carbocycles. The minimum absolute atomic E-state index is 0.157. The number of rotatable bonds is 3. The molecule has 0 aliphatic rings. The van der Waals surface area contributed by atoms with E-state index in [1.807, 2.05) is 12.1 Å². The maximum absolute atomic E-state index is 11.5. The molecule has 0 aliphatic heterocycles. The normalized spacial score (nSPS) is 10.3. The van der Waals surface area contributed by atoms with E-state index in [1.165, 1.54) is 12.3 Å². The van der Waals surface area contributed by atoms with Crippen molar-refractivity contribution < 1.29 is 9.90 Å². The van der Waals surface area contributed by atoms with Crippen molar-refractivity contribution in [3.05, 3.63) is 66.6 Å².